The van der Waals surface area contributed by atoms with Crippen molar-refractivity contribution in [2.75, 3.05) is 13.1 Å². The molecule has 0 radical (unpaired) electrons. The molecule has 1 fully saturated rings. The first kappa shape index (κ1) is 21.5. The van der Waals surface area contributed by atoms with E-state index in [4.69, 9.17) is 4.52 Å². The van der Waals surface area contributed by atoms with Gasteiger partial charge >= 0.3 is 6.18 Å². The Morgan fingerprint density at radius 1 is 1.06 bits per heavy atom. The van der Waals surface area contributed by atoms with Crippen LogP contribution in [0.25, 0.3) is 11.4 Å². The van der Waals surface area contributed by atoms with Gasteiger partial charge in [-0.1, -0.05) is 35.0 Å². The summed E-state index contributed by atoms with van der Waals surface area (Å²) in [7, 11) is -3.67. The van der Waals surface area contributed by atoms with Gasteiger partial charge in [-0.25, -0.2) is 8.42 Å². The summed E-state index contributed by atoms with van der Waals surface area (Å²) in [6.07, 6.45) is -4.47. The Hall–Kier alpha value is -2.72. The summed E-state index contributed by atoms with van der Waals surface area (Å²) >= 11 is 0. The van der Waals surface area contributed by atoms with E-state index in [-0.39, 0.29) is 36.3 Å². The Labute approximate surface area is 177 Å². The van der Waals surface area contributed by atoms with Crippen LogP contribution >= 0.6 is 0 Å². The fourth-order valence-electron chi connectivity index (χ4n) is 3.85. The lowest BCUT2D eigenvalue weighted by atomic mass is 10.0. The largest absolute Gasteiger partial charge is 0.416 e. The van der Waals surface area contributed by atoms with E-state index in [0.29, 0.717) is 16.0 Å². The standard InChI is InChI=1S/C21H20F3N3O3S/c1-12-7-13(2)18(14(3)8-12)31(28,29)27-10-16(11-27)20-25-19(26-30-20)15-5-4-6-17(9-15)21(22,23)24/h4-9,16H,10-11H2,1-3H3. The molecule has 0 bridgehead atoms. The number of nitrogens with zero attached hydrogens (tertiary/aromatic N) is 3. The number of aryl methyl sites for hydroxylation is 3. The van der Waals surface area contributed by atoms with Gasteiger partial charge in [-0.05, 0) is 44.0 Å². The Kier molecular flexibility index (Phi) is 5.17. The van der Waals surface area contributed by atoms with Crippen LogP contribution < -0.4 is 0 Å². The van der Waals surface area contributed by atoms with Gasteiger partial charge in [0.05, 0.1) is 16.4 Å². The second-order valence-corrected chi connectivity index (χ2v) is 9.66. The predicted molar refractivity (Wildman–Crippen MR) is 107 cm³/mol. The number of hydrogen-bond donors (Lipinski definition) is 0. The molecule has 1 aromatic heterocycles. The lowest BCUT2D eigenvalue weighted by Gasteiger charge is -2.36. The lowest BCUT2D eigenvalue weighted by Crippen LogP contribution is -2.48. The first-order valence-electron chi connectivity index (χ1n) is 9.56. The number of aromatic nitrogens is 2. The third-order valence-corrected chi connectivity index (χ3v) is 7.43. The van der Waals surface area contributed by atoms with Gasteiger partial charge in [0.25, 0.3) is 0 Å². The molecule has 0 N–H and O–H groups in total. The smallest absolute Gasteiger partial charge is 0.339 e. The molecule has 0 unspecified atom stereocenters. The van der Waals surface area contributed by atoms with Crippen molar-refractivity contribution < 1.29 is 26.1 Å². The van der Waals surface area contributed by atoms with Crippen LogP contribution in [0, 0.1) is 20.8 Å². The van der Waals surface area contributed by atoms with Gasteiger partial charge < -0.3 is 4.52 Å². The molecule has 0 atom stereocenters. The summed E-state index contributed by atoms with van der Waals surface area (Å²) in [6, 6.07) is 8.32. The normalized spacial score (nSPS) is 15.8. The van der Waals surface area contributed by atoms with Gasteiger partial charge in [0.1, 0.15) is 0 Å². The molecule has 0 saturated carbocycles. The fourth-order valence-corrected chi connectivity index (χ4v) is 5.79. The molecule has 1 saturated heterocycles. The van der Waals surface area contributed by atoms with Gasteiger partial charge in [-0.3, -0.25) is 0 Å². The van der Waals surface area contributed by atoms with E-state index in [0.717, 1.165) is 17.7 Å². The van der Waals surface area contributed by atoms with Gasteiger partial charge in [-0.15, -0.1) is 0 Å². The van der Waals surface area contributed by atoms with E-state index >= 15 is 0 Å². The lowest BCUT2D eigenvalue weighted by molar-refractivity contribution is -0.137. The number of alkyl halides is 3. The zero-order valence-corrected chi connectivity index (χ0v) is 17.9. The van der Waals surface area contributed by atoms with Crippen molar-refractivity contribution in [1.29, 1.82) is 0 Å². The zero-order chi connectivity index (χ0) is 22.6. The van der Waals surface area contributed by atoms with Crippen LogP contribution in [0.4, 0.5) is 13.2 Å². The minimum Gasteiger partial charge on any atom is -0.339 e. The van der Waals surface area contributed by atoms with Crippen molar-refractivity contribution in [3.63, 3.8) is 0 Å². The highest BCUT2D eigenvalue weighted by Gasteiger charge is 2.41. The molecule has 164 valence electrons. The average molecular weight is 451 g/mol. The molecule has 0 spiro atoms. The Morgan fingerprint density at radius 3 is 2.32 bits per heavy atom. The monoisotopic (exact) mass is 451 g/mol. The summed E-state index contributed by atoms with van der Waals surface area (Å²) < 4.78 is 71.5. The van der Waals surface area contributed by atoms with Gasteiger partial charge in [0.15, 0.2) is 0 Å². The Bertz CT molecular complexity index is 1220. The number of rotatable bonds is 4. The molecule has 31 heavy (non-hydrogen) atoms. The Balaban J connectivity index is 1.52. The van der Waals surface area contributed by atoms with Crippen LogP contribution in [0.1, 0.15) is 34.1 Å². The third-order valence-electron chi connectivity index (χ3n) is 5.29. The molecular weight excluding hydrogens is 431 g/mol. The van der Waals surface area contributed by atoms with Crippen LogP contribution in [-0.4, -0.2) is 36.0 Å². The van der Waals surface area contributed by atoms with Crippen LogP contribution in [0.3, 0.4) is 0 Å². The highest BCUT2D eigenvalue weighted by molar-refractivity contribution is 7.89. The molecule has 1 aliphatic rings. The molecule has 3 aromatic rings. The SMILES string of the molecule is Cc1cc(C)c(S(=O)(=O)N2CC(c3nc(-c4cccc(C(F)(F)F)c4)no3)C2)c(C)c1. The maximum atomic E-state index is 13.1. The van der Waals surface area contributed by atoms with E-state index in [1.165, 1.54) is 16.4 Å². The molecule has 10 heteroatoms. The quantitative estimate of drug-likeness (QED) is 0.585. The maximum Gasteiger partial charge on any atom is 0.416 e. The van der Waals surface area contributed by atoms with Crippen molar-refractivity contribution in [1.82, 2.24) is 14.4 Å². The summed E-state index contributed by atoms with van der Waals surface area (Å²) in [5.74, 6) is -0.0725. The van der Waals surface area contributed by atoms with Crippen LogP contribution in [0.2, 0.25) is 0 Å². The number of benzene rings is 2. The van der Waals surface area contributed by atoms with Crippen molar-refractivity contribution in [2.45, 2.75) is 37.8 Å². The highest BCUT2D eigenvalue weighted by atomic mass is 32.2. The fraction of sp³-hybridized carbons (Fsp3) is 0.333. The van der Waals surface area contributed by atoms with Crippen molar-refractivity contribution >= 4 is 10.0 Å². The minimum absolute atomic E-state index is 0.0348. The molecule has 2 aromatic carbocycles. The molecule has 0 amide bonds. The predicted octanol–water partition coefficient (Wildman–Crippen LogP) is 4.47. The van der Waals surface area contributed by atoms with Crippen molar-refractivity contribution in [3.05, 3.63) is 64.5 Å². The zero-order valence-electron chi connectivity index (χ0n) is 17.1. The minimum atomic E-state index is -4.47. The number of hydrogen-bond acceptors (Lipinski definition) is 5. The van der Waals surface area contributed by atoms with E-state index in [2.05, 4.69) is 10.1 Å². The van der Waals surface area contributed by atoms with Crippen molar-refractivity contribution in [3.8, 4) is 11.4 Å². The third kappa shape index (κ3) is 3.97. The van der Waals surface area contributed by atoms with Crippen LogP contribution in [0.5, 0.6) is 0 Å². The number of sulfonamides is 1. The molecule has 2 heterocycles. The van der Waals surface area contributed by atoms with Crippen LogP contribution in [-0.2, 0) is 16.2 Å². The van der Waals surface area contributed by atoms with Gasteiger partial charge in [0.2, 0.25) is 21.7 Å². The van der Waals surface area contributed by atoms with E-state index in [9.17, 15) is 21.6 Å². The summed E-state index contributed by atoms with van der Waals surface area (Å²) in [6.45, 7) is 5.78. The maximum absolute atomic E-state index is 13.1. The molecular formula is C21H20F3N3O3S. The van der Waals surface area contributed by atoms with E-state index in [1.54, 1.807) is 13.8 Å². The van der Waals surface area contributed by atoms with Gasteiger partial charge in [-0.2, -0.15) is 22.5 Å². The summed E-state index contributed by atoms with van der Waals surface area (Å²) in [5.41, 5.74) is 1.74. The molecule has 6 nitrogen and oxygen atoms in total. The Morgan fingerprint density at radius 2 is 1.71 bits per heavy atom. The van der Waals surface area contributed by atoms with E-state index < -0.39 is 21.8 Å². The van der Waals surface area contributed by atoms with E-state index in [1.807, 2.05) is 19.1 Å². The van der Waals surface area contributed by atoms with Crippen LogP contribution in [0.15, 0.2) is 45.8 Å². The second kappa shape index (κ2) is 7.45. The topological polar surface area (TPSA) is 76.3 Å². The van der Waals surface area contributed by atoms with Crippen molar-refractivity contribution in [2.24, 2.45) is 0 Å². The first-order valence-corrected chi connectivity index (χ1v) is 11.0. The van der Waals surface area contributed by atoms with Gasteiger partial charge in [0, 0.05) is 18.7 Å². The number of halogens is 3. The highest BCUT2D eigenvalue weighted by Crippen LogP contribution is 2.35. The molecule has 0 aliphatic carbocycles. The average Bonchev–Trinajstić information content (AvgIpc) is 3.08. The second-order valence-electron chi connectivity index (χ2n) is 7.78. The first-order chi connectivity index (χ1) is 14.5. The molecule has 1 aliphatic heterocycles. The molecule has 4 rings (SSSR count). The summed E-state index contributed by atoms with van der Waals surface area (Å²) in [5, 5.41) is 3.77. The summed E-state index contributed by atoms with van der Waals surface area (Å²) in [4.78, 5) is 4.49.